The zero-order chi connectivity index (χ0) is 15.2. The molecule has 2 rings (SSSR count). The maximum atomic E-state index is 11.9. The molecular weight excluding hydrogens is 311 g/mol. The summed E-state index contributed by atoms with van der Waals surface area (Å²) in [5.41, 5.74) is 3.55. The first-order chi connectivity index (χ1) is 10.1. The van der Waals surface area contributed by atoms with Gasteiger partial charge in [-0.2, -0.15) is 5.10 Å². The summed E-state index contributed by atoms with van der Waals surface area (Å²) in [7, 11) is 1.60. The van der Waals surface area contributed by atoms with Crippen molar-refractivity contribution in [3.05, 3.63) is 63.6 Å². The lowest BCUT2D eigenvalue weighted by atomic mass is 10.2. The number of rotatable bonds is 4. The quantitative estimate of drug-likeness (QED) is 0.688. The number of hydrogen-bond acceptors (Lipinski definition) is 3. The lowest BCUT2D eigenvalue weighted by Gasteiger charge is -2.03. The van der Waals surface area contributed by atoms with Gasteiger partial charge < -0.3 is 4.74 Å². The number of halogens is 2. The number of carbonyl (C=O) groups is 1. The maximum Gasteiger partial charge on any atom is 0.272 e. The molecule has 4 nitrogen and oxygen atoms in total. The van der Waals surface area contributed by atoms with Gasteiger partial charge in [0.25, 0.3) is 5.91 Å². The Hall–Kier alpha value is -2.04. The van der Waals surface area contributed by atoms with Crippen LogP contribution in [0.1, 0.15) is 15.9 Å². The number of hydrogen-bond donors (Lipinski definition) is 1. The monoisotopic (exact) mass is 322 g/mol. The van der Waals surface area contributed by atoms with E-state index < -0.39 is 5.91 Å². The van der Waals surface area contributed by atoms with E-state index in [1.54, 1.807) is 31.4 Å². The molecule has 0 saturated heterocycles. The molecule has 0 aliphatic rings. The highest BCUT2D eigenvalue weighted by Crippen LogP contribution is 2.20. The lowest BCUT2D eigenvalue weighted by Crippen LogP contribution is -2.18. The summed E-state index contributed by atoms with van der Waals surface area (Å²) in [5.74, 6) is 0.352. The molecule has 108 valence electrons. The van der Waals surface area contributed by atoms with Crippen LogP contribution < -0.4 is 10.2 Å². The Labute approximate surface area is 132 Å². The van der Waals surface area contributed by atoms with Crippen molar-refractivity contribution in [3.63, 3.8) is 0 Å². The van der Waals surface area contributed by atoms with E-state index in [4.69, 9.17) is 27.9 Å². The van der Waals surface area contributed by atoms with Gasteiger partial charge >= 0.3 is 0 Å². The predicted molar refractivity (Wildman–Crippen MR) is 84.5 cm³/mol. The average Bonchev–Trinajstić information content (AvgIpc) is 2.47. The minimum absolute atomic E-state index is 0.277. The number of amides is 1. The zero-order valence-corrected chi connectivity index (χ0v) is 12.7. The molecule has 0 unspecified atom stereocenters. The Morgan fingerprint density at radius 2 is 1.90 bits per heavy atom. The molecule has 0 fully saturated rings. The summed E-state index contributed by atoms with van der Waals surface area (Å²) in [6.45, 7) is 0. The Morgan fingerprint density at radius 3 is 2.52 bits per heavy atom. The van der Waals surface area contributed by atoms with Crippen LogP contribution in [0.4, 0.5) is 0 Å². The van der Waals surface area contributed by atoms with Crippen molar-refractivity contribution in [1.29, 1.82) is 0 Å². The van der Waals surface area contributed by atoms with E-state index in [1.165, 1.54) is 12.3 Å². The van der Waals surface area contributed by atoms with Crippen molar-refractivity contribution in [2.45, 2.75) is 0 Å². The van der Waals surface area contributed by atoms with E-state index in [0.29, 0.717) is 10.6 Å². The Morgan fingerprint density at radius 1 is 1.19 bits per heavy atom. The lowest BCUT2D eigenvalue weighted by molar-refractivity contribution is 0.0955. The summed E-state index contributed by atoms with van der Waals surface area (Å²) < 4.78 is 5.05. The average molecular weight is 323 g/mol. The van der Waals surface area contributed by atoms with Gasteiger partial charge in [-0.25, -0.2) is 5.43 Å². The predicted octanol–water partition coefficient (Wildman–Crippen LogP) is 3.77. The molecule has 0 aliphatic heterocycles. The van der Waals surface area contributed by atoms with Crippen molar-refractivity contribution in [1.82, 2.24) is 5.43 Å². The van der Waals surface area contributed by atoms with E-state index in [2.05, 4.69) is 10.5 Å². The summed E-state index contributed by atoms with van der Waals surface area (Å²) in [4.78, 5) is 11.9. The van der Waals surface area contributed by atoms with E-state index in [-0.39, 0.29) is 5.02 Å². The van der Waals surface area contributed by atoms with E-state index in [9.17, 15) is 4.79 Å². The van der Waals surface area contributed by atoms with E-state index >= 15 is 0 Å². The molecule has 6 heteroatoms. The van der Waals surface area contributed by atoms with Gasteiger partial charge in [-0.05, 0) is 48.0 Å². The molecule has 2 aromatic rings. The highest BCUT2D eigenvalue weighted by molar-refractivity contribution is 6.36. The second-order valence-electron chi connectivity index (χ2n) is 4.10. The number of ether oxygens (including phenoxy) is 1. The molecular formula is C15H12Cl2N2O2. The van der Waals surface area contributed by atoms with Crippen molar-refractivity contribution >= 4 is 35.3 Å². The van der Waals surface area contributed by atoms with Crippen LogP contribution in [0.2, 0.25) is 10.0 Å². The molecule has 0 aromatic heterocycles. The van der Waals surface area contributed by atoms with Crippen LogP contribution in [0.5, 0.6) is 5.75 Å². The molecule has 0 heterocycles. The molecule has 0 radical (unpaired) electrons. The summed E-state index contributed by atoms with van der Waals surface area (Å²) in [6.07, 6.45) is 1.53. The molecule has 0 bridgehead atoms. The van der Waals surface area contributed by atoms with Gasteiger partial charge in [0.15, 0.2) is 0 Å². The van der Waals surface area contributed by atoms with Crippen LogP contribution in [0.15, 0.2) is 47.6 Å². The smallest absolute Gasteiger partial charge is 0.272 e. The van der Waals surface area contributed by atoms with Crippen LogP contribution in [-0.2, 0) is 0 Å². The highest BCUT2D eigenvalue weighted by Gasteiger charge is 2.09. The van der Waals surface area contributed by atoms with Crippen LogP contribution in [-0.4, -0.2) is 19.2 Å². The van der Waals surface area contributed by atoms with Gasteiger partial charge in [-0.15, -0.1) is 0 Å². The first kappa shape index (κ1) is 15.4. The molecule has 0 aliphatic carbocycles. The van der Waals surface area contributed by atoms with Crippen molar-refractivity contribution in [2.75, 3.05) is 7.11 Å². The summed E-state index contributed by atoms with van der Waals surface area (Å²) >= 11 is 11.7. The second-order valence-corrected chi connectivity index (χ2v) is 4.94. The van der Waals surface area contributed by atoms with Crippen LogP contribution in [0.25, 0.3) is 0 Å². The minimum Gasteiger partial charge on any atom is -0.497 e. The van der Waals surface area contributed by atoms with Gasteiger partial charge in [0.2, 0.25) is 0 Å². The number of benzene rings is 2. The van der Waals surface area contributed by atoms with Crippen molar-refractivity contribution < 1.29 is 9.53 Å². The summed E-state index contributed by atoms with van der Waals surface area (Å²) in [5, 5.41) is 4.63. The minimum atomic E-state index is -0.401. The fourth-order valence-corrected chi connectivity index (χ4v) is 2.08. The van der Waals surface area contributed by atoms with Crippen LogP contribution >= 0.6 is 23.2 Å². The van der Waals surface area contributed by atoms with Gasteiger partial charge in [0, 0.05) is 5.02 Å². The van der Waals surface area contributed by atoms with Gasteiger partial charge in [-0.1, -0.05) is 23.2 Å². The van der Waals surface area contributed by atoms with Crippen LogP contribution in [0, 0.1) is 0 Å². The van der Waals surface area contributed by atoms with E-state index in [1.807, 2.05) is 12.1 Å². The Kier molecular flexibility index (Phi) is 5.20. The van der Waals surface area contributed by atoms with Gasteiger partial charge in [-0.3, -0.25) is 4.79 Å². The van der Waals surface area contributed by atoms with E-state index in [0.717, 1.165) is 11.3 Å². The standard InChI is InChI=1S/C15H12Cl2N2O2/c1-21-12-5-2-10(3-6-12)9-18-19-15(20)13-7-4-11(16)8-14(13)17/h2-9H,1H3,(H,19,20). The maximum absolute atomic E-state index is 11.9. The number of nitrogens with zero attached hydrogens (tertiary/aromatic N) is 1. The molecule has 0 saturated carbocycles. The van der Waals surface area contributed by atoms with Crippen LogP contribution in [0.3, 0.4) is 0 Å². The number of nitrogens with one attached hydrogen (secondary N) is 1. The fourth-order valence-electron chi connectivity index (χ4n) is 1.59. The molecule has 21 heavy (non-hydrogen) atoms. The SMILES string of the molecule is COc1ccc(C=NNC(=O)c2ccc(Cl)cc2Cl)cc1. The third-order valence-corrected chi connectivity index (χ3v) is 3.22. The third kappa shape index (κ3) is 4.21. The van der Waals surface area contributed by atoms with Gasteiger partial charge in [0.1, 0.15) is 5.75 Å². The Balaban J connectivity index is 2.01. The number of hydrazone groups is 1. The normalized spacial score (nSPS) is 10.6. The molecule has 0 spiro atoms. The first-order valence-corrected chi connectivity index (χ1v) is 6.78. The highest BCUT2D eigenvalue weighted by atomic mass is 35.5. The van der Waals surface area contributed by atoms with Gasteiger partial charge in [0.05, 0.1) is 23.9 Å². The first-order valence-electron chi connectivity index (χ1n) is 6.02. The third-order valence-electron chi connectivity index (χ3n) is 2.67. The number of methoxy groups -OCH3 is 1. The summed E-state index contributed by atoms with van der Waals surface area (Å²) in [6, 6.07) is 11.9. The topological polar surface area (TPSA) is 50.7 Å². The fraction of sp³-hybridized carbons (Fsp3) is 0.0667. The Bertz CT molecular complexity index is 670. The zero-order valence-electron chi connectivity index (χ0n) is 11.1. The second kappa shape index (κ2) is 7.11. The molecule has 1 N–H and O–H groups in total. The largest absolute Gasteiger partial charge is 0.497 e. The number of carbonyl (C=O) groups excluding carboxylic acids is 1. The van der Waals surface area contributed by atoms with Crippen molar-refractivity contribution in [3.8, 4) is 5.75 Å². The molecule has 2 aromatic carbocycles. The molecule has 0 atom stereocenters. The van der Waals surface area contributed by atoms with Crippen molar-refractivity contribution in [2.24, 2.45) is 5.10 Å². The molecule has 1 amide bonds.